The average molecular weight is 208 g/mol. The van der Waals surface area contributed by atoms with Crippen LogP contribution in [0, 0.1) is 18.8 Å². The summed E-state index contributed by atoms with van der Waals surface area (Å²) in [5, 5.41) is 12.2. The van der Waals surface area contributed by atoms with Crippen molar-refractivity contribution in [3.63, 3.8) is 0 Å². The molecule has 1 N–H and O–H groups in total. The molecular formula is C12H16OS. The van der Waals surface area contributed by atoms with Crippen LogP contribution in [-0.2, 0) is 5.60 Å². The van der Waals surface area contributed by atoms with Gasteiger partial charge in [-0.2, -0.15) is 0 Å². The minimum atomic E-state index is -0.720. The van der Waals surface area contributed by atoms with Crippen LogP contribution in [0.25, 0.3) is 0 Å². The van der Waals surface area contributed by atoms with Crippen molar-refractivity contribution < 1.29 is 5.11 Å². The van der Waals surface area contributed by atoms with E-state index in [0.29, 0.717) is 6.42 Å². The van der Waals surface area contributed by atoms with Crippen LogP contribution < -0.4 is 0 Å². The molecule has 1 heterocycles. The van der Waals surface area contributed by atoms with Gasteiger partial charge in [0.2, 0.25) is 0 Å². The number of thiophene rings is 1. The first kappa shape index (κ1) is 11.3. The lowest BCUT2D eigenvalue weighted by molar-refractivity contribution is 0.0526. The Kier molecular flexibility index (Phi) is 3.74. The fourth-order valence-electron chi connectivity index (χ4n) is 1.47. The van der Waals surface area contributed by atoms with E-state index in [-0.39, 0.29) is 0 Å². The summed E-state index contributed by atoms with van der Waals surface area (Å²) in [6, 6.07) is 2.04. The summed E-state index contributed by atoms with van der Waals surface area (Å²) < 4.78 is 0. The maximum Gasteiger partial charge on any atom is 0.0971 e. The summed E-state index contributed by atoms with van der Waals surface area (Å²) >= 11 is 1.62. The molecule has 1 aromatic rings. The van der Waals surface area contributed by atoms with Gasteiger partial charge in [-0.15, -0.1) is 23.2 Å². The Labute approximate surface area is 89.8 Å². The summed E-state index contributed by atoms with van der Waals surface area (Å²) in [5.74, 6) is 5.82. The lowest BCUT2D eigenvalue weighted by Crippen LogP contribution is -2.20. The molecule has 2 heteroatoms. The third kappa shape index (κ3) is 2.60. The quantitative estimate of drug-likeness (QED) is 0.757. The minimum Gasteiger partial charge on any atom is -0.385 e. The van der Waals surface area contributed by atoms with E-state index in [1.807, 2.05) is 32.2 Å². The molecule has 14 heavy (non-hydrogen) atoms. The van der Waals surface area contributed by atoms with Gasteiger partial charge in [-0.25, -0.2) is 0 Å². The Morgan fingerprint density at radius 2 is 2.29 bits per heavy atom. The van der Waals surface area contributed by atoms with Gasteiger partial charge >= 0.3 is 0 Å². The van der Waals surface area contributed by atoms with E-state index in [2.05, 4.69) is 11.8 Å². The van der Waals surface area contributed by atoms with E-state index in [1.54, 1.807) is 11.3 Å². The summed E-state index contributed by atoms with van der Waals surface area (Å²) in [6.07, 6.45) is 1.45. The Morgan fingerprint density at radius 3 is 2.79 bits per heavy atom. The van der Waals surface area contributed by atoms with Crippen LogP contribution in [0.15, 0.2) is 11.4 Å². The highest BCUT2D eigenvalue weighted by atomic mass is 32.1. The van der Waals surface area contributed by atoms with Gasteiger partial charge in [-0.1, -0.05) is 0 Å². The zero-order chi connectivity index (χ0) is 10.6. The lowest BCUT2D eigenvalue weighted by atomic mass is 9.96. The molecule has 0 saturated heterocycles. The minimum absolute atomic E-state index is 0.704. The SMILES string of the molecule is CC#CCCC(C)(O)c1sccc1C. The molecule has 0 bridgehead atoms. The standard InChI is InChI=1S/C12H16OS/c1-4-5-6-8-12(3,13)11-10(2)7-9-14-11/h7,9,13H,6,8H2,1-3H3. The van der Waals surface area contributed by atoms with E-state index in [9.17, 15) is 5.11 Å². The smallest absolute Gasteiger partial charge is 0.0971 e. The van der Waals surface area contributed by atoms with Crippen molar-refractivity contribution in [2.24, 2.45) is 0 Å². The fourth-order valence-corrected chi connectivity index (χ4v) is 2.49. The van der Waals surface area contributed by atoms with Crippen LogP contribution in [0.1, 0.15) is 37.1 Å². The van der Waals surface area contributed by atoms with Crippen molar-refractivity contribution in [1.82, 2.24) is 0 Å². The van der Waals surface area contributed by atoms with Gasteiger partial charge in [-0.3, -0.25) is 0 Å². The van der Waals surface area contributed by atoms with Crippen molar-refractivity contribution in [1.29, 1.82) is 0 Å². The van der Waals surface area contributed by atoms with E-state index in [4.69, 9.17) is 0 Å². The second kappa shape index (κ2) is 4.63. The van der Waals surface area contributed by atoms with Crippen LogP contribution in [0.2, 0.25) is 0 Å². The predicted octanol–water partition coefficient (Wildman–Crippen LogP) is 3.07. The van der Waals surface area contributed by atoms with Crippen LogP contribution in [-0.4, -0.2) is 5.11 Å². The average Bonchev–Trinajstić information content (AvgIpc) is 2.52. The molecule has 0 aliphatic rings. The summed E-state index contributed by atoms with van der Waals surface area (Å²) in [7, 11) is 0. The van der Waals surface area contributed by atoms with Crippen molar-refractivity contribution in [3.05, 3.63) is 21.9 Å². The number of rotatable bonds is 3. The highest BCUT2D eigenvalue weighted by molar-refractivity contribution is 7.10. The Balaban J connectivity index is 2.73. The highest BCUT2D eigenvalue weighted by Crippen LogP contribution is 2.32. The molecule has 0 radical (unpaired) electrons. The monoisotopic (exact) mass is 208 g/mol. The molecule has 0 aliphatic heterocycles. The van der Waals surface area contributed by atoms with Crippen molar-refractivity contribution in [2.75, 3.05) is 0 Å². The predicted molar refractivity (Wildman–Crippen MR) is 61.3 cm³/mol. The molecule has 1 nitrogen and oxygen atoms in total. The van der Waals surface area contributed by atoms with Crippen LogP contribution >= 0.6 is 11.3 Å². The van der Waals surface area contributed by atoms with E-state index in [1.165, 1.54) is 5.56 Å². The van der Waals surface area contributed by atoms with E-state index >= 15 is 0 Å². The second-order valence-electron chi connectivity index (χ2n) is 3.63. The number of aryl methyl sites for hydroxylation is 1. The zero-order valence-corrected chi connectivity index (χ0v) is 9.74. The molecule has 76 valence electrons. The molecule has 0 saturated carbocycles. The van der Waals surface area contributed by atoms with Crippen molar-refractivity contribution >= 4 is 11.3 Å². The van der Waals surface area contributed by atoms with Gasteiger partial charge in [-0.05, 0) is 44.2 Å². The van der Waals surface area contributed by atoms with Gasteiger partial charge in [0.1, 0.15) is 0 Å². The van der Waals surface area contributed by atoms with Crippen LogP contribution in [0.4, 0.5) is 0 Å². The van der Waals surface area contributed by atoms with Crippen LogP contribution in [0.3, 0.4) is 0 Å². The largest absolute Gasteiger partial charge is 0.385 e. The van der Waals surface area contributed by atoms with Crippen molar-refractivity contribution in [3.8, 4) is 11.8 Å². The molecule has 0 amide bonds. The first-order valence-corrected chi connectivity index (χ1v) is 5.62. The lowest BCUT2D eigenvalue weighted by Gasteiger charge is -2.21. The van der Waals surface area contributed by atoms with Gasteiger partial charge in [0.25, 0.3) is 0 Å². The summed E-state index contributed by atoms with van der Waals surface area (Å²) in [4.78, 5) is 1.07. The Bertz CT molecular complexity index is 352. The molecule has 1 atom stereocenters. The third-order valence-electron chi connectivity index (χ3n) is 2.26. The number of hydrogen-bond donors (Lipinski definition) is 1. The van der Waals surface area contributed by atoms with Gasteiger partial charge in [0, 0.05) is 11.3 Å². The van der Waals surface area contributed by atoms with Gasteiger partial charge in [0.05, 0.1) is 5.60 Å². The molecule has 0 aromatic carbocycles. The van der Waals surface area contributed by atoms with Gasteiger partial charge in [0.15, 0.2) is 0 Å². The highest BCUT2D eigenvalue weighted by Gasteiger charge is 2.25. The maximum absolute atomic E-state index is 10.2. The normalized spacial score (nSPS) is 14.3. The Morgan fingerprint density at radius 1 is 1.57 bits per heavy atom. The molecule has 0 spiro atoms. The number of aliphatic hydroxyl groups is 1. The summed E-state index contributed by atoms with van der Waals surface area (Å²) in [5.41, 5.74) is 0.451. The topological polar surface area (TPSA) is 20.2 Å². The first-order valence-electron chi connectivity index (χ1n) is 4.74. The molecule has 1 unspecified atom stereocenters. The third-order valence-corrected chi connectivity index (χ3v) is 3.53. The summed E-state index contributed by atoms with van der Waals surface area (Å²) in [6.45, 7) is 5.72. The second-order valence-corrected chi connectivity index (χ2v) is 4.55. The molecule has 1 rings (SSSR count). The maximum atomic E-state index is 10.2. The Hall–Kier alpha value is -0.780. The molecule has 1 aromatic heterocycles. The van der Waals surface area contributed by atoms with E-state index in [0.717, 1.165) is 11.3 Å². The molecule has 0 fully saturated rings. The van der Waals surface area contributed by atoms with Crippen LogP contribution in [0.5, 0.6) is 0 Å². The number of hydrogen-bond acceptors (Lipinski definition) is 2. The van der Waals surface area contributed by atoms with Crippen molar-refractivity contribution in [2.45, 2.75) is 39.2 Å². The molecule has 0 aliphatic carbocycles. The first-order chi connectivity index (χ1) is 6.58. The zero-order valence-electron chi connectivity index (χ0n) is 8.92. The van der Waals surface area contributed by atoms with Gasteiger partial charge < -0.3 is 5.11 Å². The van der Waals surface area contributed by atoms with E-state index < -0.39 is 5.60 Å². The fraction of sp³-hybridized carbons (Fsp3) is 0.500. The molecular weight excluding hydrogens is 192 g/mol.